The van der Waals surface area contributed by atoms with Crippen molar-refractivity contribution in [2.45, 2.75) is 6.42 Å². The third-order valence-corrected chi connectivity index (χ3v) is 2.24. The molecule has 5 nitrogen and oxygen atoms in total. The SMILES string of the molecule is COCCCNC(=O)c1cc(Cl)nnc1Cl. The fourth-order valence-corrected chi connectivity index (χ4v) is 1.35. The van der Waals surface area contributed by atoms with Crippen LogP contribution in [0.3, 0.4) is 0 Å². The zero-order valence-corrected chi connectivity index (χ0v) is 10.2. The van der Waals surface area contributed by atoms with Gasteiger partial charge in [-0.05, 0) is 12.5 Å². The van der Waals surface area contributed by atoms with Crippen LogP contribution in [0.2, 0.25) is 10.3 Å². The van der Waals surface area contributed by atoms with Crippen LogP contribution in [0.4, 0.5) is 0 Å². The highest BCUT2D eigenvalue weighted by molar-refractivity contribution is 6.34. The summed E-state index contributed by atoms with van der Waals surface area (Å²) in [6.45, 7) is 1.09. The molecule has 0 fully saturated rings. The van der Waals surface area contributed by atoms with Gasteiger partial charge < -0.3 is 10.1 Å². The van der Waals surface area contributed by atoms with Gasteiger partial charge in [-0.25, -0.2) is 0 Å². The van der Waals surface area contributed by atoms with Gasteiger partial charge in [-0.3, -0.25) is 4.79 Å². The maximum Gasteiger partial charge on any atom is 0.254 e. The fourth-order valence-electron chi connectivity index (χ4n) is 1.03. The van der Waals surface area contributed by atoms with E-state index in [9.17, 15) is 4.79 Å². The Bertz CT molecular complexity index is 374. The summed E-state index contributed by atoms with van der Waals surface area (Å²) in [5.74, 6) is -0.321. The van der Waals surface area contributed by atoms with Gasteiger partial charge in [0.05, 0.1) is 5.56 Å². The van der Waals surface area contributed by atoms with Crippen LogP contribution < -0.4 is 5.32 Å². The zero-order valence-electron chi connectivity index (χ0n) is 8.67. The highest BCUT2D eigenvalue weighted by atomic mass is 35.5. The topological polar surface area (TPSA) is 64.1 Å². The van der Waals surface area contributed by atoms with E-state index >= 15 is 0 Å². The Morgan fingerprint density at radius 2 is 2.25 bits per heavy atom. The van der Waals surface area contributed by atoms with Crippen molar-refractivity contribution in [3.8, 4) is 0 Å². The smallest absolute Gasteiger partial charge is 0.254 e. The van der Waals surface area contributed by atoms with Crippen molar-refractivity contribution in [1.29, 1.82) is 0 Å². The van der Waals surface area contributed by atoms with Crippen LogP contribution in [-0.4, -0.2) is 36.4 Å². The van der Waals surface area contributed by atoms with Gasteiger partial charge in [0, 0.05) is 20.3 Å². The molecule has 16 heavy (non-hydrogen) atoms. The van der Waals surface area contributed by atoms with E-state index in [2.05, 4.69) is 15.5 Å². The van der Waals surface area contributed by atoms with Crippen molar-refractivity contribution in [3.05, 3.63) is 21.9 Å². The standard InChI is InChI=1S/C9H11Cl2N3O2/c1-16-4-2-3-12-9(15)6-5-7(10)13-14-8(6)11/h5H,2-4H2,1H3,(H,12,15). The molecule has 0 atom stereocenters. The number of carbonyl (C=O) groups excluding carboxylic acids is 1. The first-order valence-corrected chi connectivity index (χ1v) is 5.36. The van der Waals surface area contributed by atoms with Gasteiger partial charge in [-0.15, -0.1) is 10.2 Å². The molecule has 0 bridgehead atoms. The highest BCUT2D eigenvalue weighted by Gasteiger charge is 2.12. The molecule has 1 aromatic heterocycles. The molecule has 0 aromatic carbocycles. The molecule has 1 N–H and O–H groups in total. The predicted octanol–water partition coefficient (Wildman–Crippen LogP) is 1.55. The summed E-state index contributed by atoms with van der Waals surface area (Å²) in [6.07, 6.45) is 0.728. The number of nitrogens with one attached hydrogen (secondary N) is 1. The molecule has 0 spiro atoms. The lowest BCUT2D eigenvalue weighted by molar-refractivity contribution is 0.0948. The second-order valence-electron chi connectivity index (χ2n) is 2.97. The summed E-state index contributed by atoms with van der Waals surface area (Å²) in [5.41, 5.74) is 0.221. The van der Waals surface area contributed by atoms with E-state index in [-0.39, 0.29) is 21.8 Å². The first-order valence-electron chi connectivity index (χ1n) is 4.61. The lowest BCUT2D eigenvalue weighted by atomic mass is 10.3. The monoisotopic (exact) mass is 263 g/mol. The largest absolute Gasteiger partial charge is 0.385 e. The Morgan fingerprint density at radius 1 is 1.50 bits per heavy atom. The van der Waals surface area contributed by atoms with E-state index in [1.807, 2.05) is 0 Å². The van der Waals surface area contributed by atoms with Crippen molar-refractivity contribution < 1.29 is 9.53 Å². The minimum absolute atomic E-state index is 0.0358. The number of hydrogen-bond acceptors (Lipinski definition) is 4. The molecular weight excluding hydrogens is 253 g/mol. The first kappa shape index (κ1) is 13.2. The van der Waals surface area contributed by atoms with Crippen LogP contribution in [0.25, 0.3) is 0 Å². The van der Waals surface area contributed by atoms with Crippen molar-refractivity contribution in [2.24, 2.45) is 0 Å². The molecule has 1 amide bonds. The number of aromatic nitrogens is 2. The van der Waals surface area contributed by atoms with E-state index < -0.39 is 0 Å². The van der Waals surface area contributed by atoms with Crippen molar-refractivity contribution in [2.75, 3.05) is 20.3 Å². The molecule has 0 saturated heterocycles. The van der Waals surface area contributed by atoms with Crippen LogP contribution in [0, 0.1) is 0 Å². The first-order chi connectivity index (χ1) is 7.65. The van der Waals surface area contributed by atoms with E-state index in [4.69, 9.17) is 27.9 Å². The normalized spacial score (nSPS) is 10.2. The molecule has 0 aliphatic carbocycles. The Labute approximate surface area is 103 Å². The molecule has 88 valence electrons. The number of amides is 1. The van der Waals surface area contributed by atoms with Crippen molar-refractivity contribution in [3.63, 3.8) is 0 Å². The fraction of sp³-hybridized carbons (Fsp3) is 0.444. The number of halogens is 2. The van der Waals surface area contributed by atoms with Crippen LogP contribution in [0.5, 0.6) is 0 Å². The van der Waals surface area contributed by atoms with Crippen LogP contribution >= 0.6 is 23.2 Å². The second kappa shape index (κ2) is 6.62. The van der Waals surface area contributed by atoms with Crippen LogP contribution in [0.1, 0.15) is 16.8 Å². The number of ether oxygens (including phenoxy) is 1. The number of methoxy groups -OCH3 is 1. The number of nitrogens with zero attached hydrogens (tertiary/aromatic N) is 2. The minimum Gasteiger partial charge on any atom is -0.385 e. The Morgan fingerprint density at radius 3 is 2.94 bits per heavy atom. The average Bonchev–Trinajstić information content (AvgIpc) is 2.27. The lowest BCUT2D eigenvalue weighted by Crippen LogP contribution is -2.25. The highest BCUT2D eigenvalue weighted by Crippen LogP contribution is 2.14. The van der Waals surface area contributed by atoms with Gasteiger partial charge in [0.1, 0.15) is 0 Å². The summed E-state index contributed by atoms with van der Waals surface area (Å²) in [6, 6.07) is 1.38. The zero-order chi connectivity index (χ0) is 12.0. The van der Waals surface area contributed by atoms with Crippen LogP contribution in [-0.2, 0) is 4.74 Å². The Balaban J connectivity index is 2.55. The summed E-state index contributed by atoms with van der Waals surface area (Å²) >= 11 is 11.3. The minimum atomic E-state index is -0.321. The van der Waals surface area contributed by atoms with E-state index in [1.165, 1.54) is 6.07 Å². The van der Waals surface area contributed by atoms with Gasteiger partial charge in [0.25, 0.3) is 5.91 Å². The second-order valence-corrected chi connectivity index (χ2v) is 3.72. The average molecular weight is 264 g/mol. The molecule has 0 saturated carbocycles. The van der Waals surface area contributed by atoms with Gasteiger partial charge in [-0.2, -0.15) is 0 Å². The molecule has 0 aliphatic rings. The Kier molecular flexibility index (Phi) is 5.45. The summed E-state index contributed by atoms with van der Waals surface area (Å²) in [5, 5.41) is 9.90. The predicted molar refractivity (Wildman–Crippen MR) is 60.9 cm³/mol. The lowest BCUT2D eigenvalue weighted by Gasteiger charge is -2.05. The molecule has 7 heteroatoms. The van der Waals surface area contributed by atoms with E-state index in [1.54, 1.807) is 7.11 Å². The number of carbonyl (C=O) groups is 1. The maximum atomic E-state index is 11.6. The third kappa shape index (κ3) is 3.92. The molecule has 0 unspecified atom stereocenters. The molecule has 0 aliphatic heterocycles. The van der Waals surface area contributed by atoms with Crippen molar-refractivity contribution >= 4 is 29.1 Å². The van der Waals surface area contributed by atoms with E-state index in [0.29, 0.717) is 13.2 Å². The Hall–Kier alpha value is -0.910. The molecule has 1 heterocycles. The molecule has 0 radical (unpaired) electrons. The molecule has 1 aromatic rings. The summed E-state index contributed by atoms with van der Waals surface area (Å²) in [7, 11) is 1.60. The maximum absolute atomic E-state index is 11.6. The van der Waals surface area contributed by atoms with E-state index in [0.717, 1.165) is 6.42 Å². The summed E-state index contributed by atoms with van der Waals surface area (Å²) < 4.78 is 4.85. The van der Waals surface area contributed by atoms with Gasteiger partial charge >= 0.3 is 0 Å². The number of rotatable bonds is 5. The third-order valence-electron chi connectivity index (χ3n) is 1.77. The summed E-state index contributed by atoms with van der Waals surface area (Å²) in [4.78, 5) is 11.6. The van der Waals surface area contributed by atoms with Gasteiger partial charge in [-0.1, -0.05) is 23.2 Å². The number of hydrogen-bond donors (Lipinski definition) is 1. The van der Waals surface area contributed by atoms with Gasteiger partial charge in [0.15, 0.2) is 10.3 Å². The molecular formula is C9H11Cl2N3O2. The van der Waals surface area contributed by atoms with Crippen molar-refractivity contribution in [1.82, 2.24) is 15.5 Å². The van der Waals surface area contributed by atoms with Crippen LogP contribution in [0.15, 0.2) is 6.07 Å². The van der Waals surface area contributed by atoms with Gasteiger partial charge in [0.2, 0.25) is 0 Å². The quantitative estimate of drug-likeness (QED) is 0.819. The molecule has 1 rings (SSSR count).